The fraction of sp³-hybridized carbons (Fsp3) is 0.556. The molecule has 0 aliphatic rings. The highest BCUT2D eigenvalue weighted by Gasteiger charge is 2.27. The summed E-state index contributed by atoms with van der Waals surface area (Å²) < 4.78 is 5.15. The van der Waals surface area contributed by atoms with E-state index in [0.29, 0.717) is 19.4 Å². The van der Waals surface area contributed by atoms with Crippen LogP contribution in [0.5, 0.6) is 5.75 Å². The summed E-state index contributed by atoms with van der Waals surface area (Å²) in [6.45, 7) is 7.99. The van der Waals surface area contributed by atoms with Crippen LogP contribution in [-0.4, -0.2) is 35.9 Å². The molecule has 5 heteroatoms. The molecule has 128 valence electrons. The quantitative estimate of drug-likeness (QED) is 0.801. The van der Waals surface area contributed by atoms with Crippen molar-refractivity contribution in [3.63, 3.8) is 0 Å². The number of rotatable bonds is 8. The lowest BCUT2D eigenvalue weighted by Crippen LogP contribution is -2.50. The summed E-state index contributed by atoms with van der Waals surface area (Å²) in [5.74, 6) is 0.649. The van der Waals surface area contributed by atoms with Gasteiger partial charge in [0.15, 0.2) is 0 Å². The smallest absolute Gasteiger partial charge is 0.243 e. The highest BCUT2D eigenvalue weighted by molar-refractivity contribution is 5.87. The second-order valence-electron chi connectivity index (χ2n) is 5.81. The van der Waals surface area contributed by atoms with Gasteiger partial charge in [0.05, 0.1) is 7.11 Å². The van der Waals surface area contributed by atoms with Crippen LogP contribution in [-0.2, 0) is 16.1 Å². The minimum absolute atomic E-state index is 0.0217. The van der Waals surface area contributed by atoms with E-state index in [4.69, 9.17) is 4.74 Å². The van der Waals surface area contributed by atoms with Crippen LogP contribution in [0.3, 0.4) is 0 Å². The van der Waals surface area contributed by atoms with E-state index in [-0.39, 0.29) is 17.9 Å². The van der Waals surface area contributed by atoms with Crippen LogP contribution in [0.2, 0.25) is 0 Å². The molecule has 1 atom stereocenters. The summed E-state index contributed by atoms with van der Waals surface area (Å²) in [5, 5.41) is 2.90. The zero-order valence-electron chi connectivity index (χ0n) is 14.8. The van der Waals surface area contributed by atoms with Gasteiger partial charge in [-0.1, -0.05) is 26.0 Å². The molecule has 1 aromatic carbocycles. The molecule has 0 saturated carbocycles. The molecule has 0 aliphatic carbocycles. The van der Waals surface area contributed by atoms with E-state index in [1.807, 2.05) is 52.0 Å². The third kappa shape index (κ3) is 5.58. The van der Waals surface area contributed by atoms with Gasteiger partial charge in [-0.3, -0.25) is 9.59 Å². The lowest BCUT2D eigenvalue weighted by Gasteiger charge is -2.31. The third-order valence-corrected chi connectivity index (χ3v) is 3.63. The molecule has 0 unspecified atom stereocenters. The van der Waals surface area contributed by atoms with Crippen molar-refractivity contribution >= 4 is 11.8 Å². The molecule has 1 aromatic rings. The summed E-state index contributed by atoms with van der Waals surface area (Å²) in [5.41, 5.74) is 0.975. The Hall–Kier alpha value is -2.04. The molecule has 0 fully saturated rings. The molecule has 5 nitrogen and oxygen atoms in total. The zero-order chi connectivity index (χ0) is 17.4. The van der Waals surface area contributed by atoms with Crippen LogP contribution >= 0.6 is 0 Å². The van der Waals surface area contributed by atoms with Gasteiger partial charge in [-0.05, 0) is 38.0 Å². The molecular formula is C18H28N2O3. The SMILES string of the molecule is CCC(=O)N(Cc1ccc(OC)cc1)[C@H](CC)C(=O)NC(C)C. The van der Waals surface area contributed by atoms with Gasteiger partial charge in [0, 0.05) is 19.0 Å². The second-order valence-corrected chi connectivity index (χ2v) is 5.81. The molecule has 0 aromatic heterocycles. The fourth-order valence-corrected chi connectivity index (χ4v) is 2.43. The second kappa shape index (κ2) is 9.18. The zero-order valence-corrected chi connectivity index (χ0v) is 14.8. The van der Waals surface area contributed by atoms with Gasteiger partial charge in [-0.15, -0.1) is 0 Å². The topological polar surface area (TPSA) is 58.6 Å². The molecule has 1 rings (SSSR count). The van der Waals surface area contributed by atoms with E-state index in [2.05, 4.69) is 5.32 Å². The molecule has 0 saturated heterocycles. The standard InChI is InChI=1S/C18H28N2O3/c1-6-16(18(22)19-13(3)4)20(17(21)7-2)12-14-8-10-15(23-5)11-9-14/h8-11,13,16H,6-7,12H2,1-5H3,(H,19,22)/t16-/m1/s1. The maximum absolute atomic E-state index is 12.4. The van der Waals surface area contributed by atoms with Crippen molar-refractivity contribution in [3.05, 3.63) is 29.8 Å². The van der Waals surface area contributed by atoms with Crippen molar-refractivity contribution < 1.29 is 14.3 Å². The molecule has 0 bridgehead atoms. The summed E-state index contributed by atoms with van der Waals surface area (Å²) in [6.07, 6.45) is 0.960. The van der Waals surface area contributed by atoms with Crippen molar-refractivity contribution in [1.82, 2.24) is 10.2 Å². The van der Waals surface area contributed by atoms with Crippen molar-refractivity contribution in [1.29, 1.82) is 0 Å². The average molecular weight is 320 g/mol. The van der Waals surface area contributed by atoms with E-state index in [0.717, 1.165) is 11.3 Å². The van der Waals surface area contributed by atoms with Gasteiger partial charge >= 0.3 is 0 Å². The van der Waals surface area contributed by atoms with Crippen LogP contribution < -0.4 is 10.1 Å². The van der Waals surface area contributed by atoms with E-state index < -0.39 is 6.04 Å². The Morgan fingerprint density at radius 1 is 1.17 bits per heavy atom. The average Bonchev–Trinajstić information content (AvgIpc) is 2.53. The fourth-order valence-electron chi connectivity index (χ4n) is 2.43. The number of benzene rings is 1. The van der Waals surface area contributed by atoms with Crippen molar-refractivity contribution in [2.75, 3.05) is 7.11 Å². The highest BCUT2D eigenvalue weighted by atomic mass is 16.5. The number of nitrogens with zero attached hydrogens (tertiary/aromatic N) is 1. The Labute approximate surface area is 139 Å². The number of amides is 2. The monoisotopic (exact) mass is 320 g/mol. The van der Waals surface area contributed by atoms with Gasteiger partial charge in [0.25, 0.3) is 0 Å². The maximum Gasteiger partial charge on any atom is 0.243 e. The molecule has 1 N–H and O–H groups in total. The Bertz CT molecular complexity index is 512. The molecular weight excluding hydrogens is 292 g/mol. The number of hydrogen-bond donors (Lipinski definition) is 1. The van der Waals surface area contributed by atoms with Gasteiger partial charge in [0.2, 0.25) is 11.8 Å². The highest BCUT2D eigenvalue weighted by Crippen LogP contribution is 2.16. The number of hydrogen-bond acceptors (Lipinski definition) is 3. The minimum Gasteiger partial charge on any atom is -0.497 e. The molecule has 2 amide bonds. The Kier molecular flexibility index (Phi) is 7.59. The first kappa shape index (κ1) is 19.0. The van der Waals surface area contributed by atoms with Crippen LogP contribution in [0.1, 0.15) is 46.1 Å². The summed E-state index contributed by atoms with van der Waals surface area (Å²) in [6, 6.07) is 7.16. The van der Waals surface area contributed by atoms with E-state index >= 15 is 0 Å². The molecule has 0 radical (unpaired) electrons. The normalized spacial score (nSPS) is 11.9. The van der Waals surface area contributed by atoms with Crippen LogP contribution in [0.4, 0.5) is 0 Å². The summed E-state index contributed by atoms with van der Waals surface area (Å²) >= 11 is 0. The first-order chi connectivity index (χ1) is 10.9. The van der Waals surface area contributed by atoms with Gasteiger partial charge in [-0.25, -0.2) is 0 Å². The van der Waals surface area contributed by atoms with Crippen LogP contribution in [0.25, 0.3) is 0 Å². The first-order valence-electron chi connectivity index (χ1n) is 8.15. The number of carbonyl (C=O) groups excluding carboxylic acids is 2. The lowest BCUT2D eigenvalue weighted by molar-refractivity contribution is -0.141. The van der Waals surface area contributed by atoms with Crippen LogP contribution in [0.15, 0.2) is 24.3 Å². The van der Waals surface area contributed by atoms with Gasteiger partial charge < -0.3 is 15.0 Å². The van der Waals surface area contributed by atoms with Gasteiger partial charge in [0.1, 0.15) is 11.8 Å². The van der Waals surface area contributed by atoms with Gasteiger partial charge in [-0.2, -0.15) is 0 Å². The number of carbonyl (C=O) groups is 2. The third-order valence-electron chi connectivity index (χ3n) is 3.63. The Balaban J connectivity index is 2.96. The Morgan fingerprint density at radius 2 is 1.78 bits per heavy atom. The number of ether oxygens (including phenoxy) is 1. The summed E-state index contributed by atoms with van der Waals surface area (Å²) in [7, 11) is 1.62. The van der Waals surface area contributed by atoms with Crippen molar-refractivity contribution in [3.8, 4) is 5.75 Å². The van der Waals surface area contributed by atoms with Crippen molar-refractivity contribution in [2.45, 2.75) is 59.2 Å². The van der Waals surface area contributed by atoms with Crippen LogP contribution in [0, 0.1) is 0 Å². The largest absolute Gasteiger partial charge is 0.497 e. The molecule has 0 heterocycles. The number of nitrogens with one attached hydrogen (secondary N) is 1. The molecule has 0 aliphatic heterocycles. The molecule has 23 heavy (non-hydrogen) atoms. The Morgan fingerprint density at radius 3 is 2.22 bits per heavy atom. The maximum atomic E-state index is 12.4. The van der Waals surface area contributed by atoms with Crippen molar-refractivity contribution in [2.24, 2.45) is 0 Å². The van der Waals surface area contributed by atoms with E-state index in [1.54, 1.807) is 12.0 Å². The number of methoxy groups -OCH3 is 1. The predicted molar refractivity (Wildman–Crippen MR) is 91.2 cm³/mol. The minimum atomic E-state index is -0.452. The van der Waals surface area contributed by atoms with E-state index in [1.165, 1.54) is 0 Å². The first-order valence-corrected chi connectivity index (χ1v) is 8.15. The van der Waals surface area contributed by atoms with E-state index in [9.17, 15) is 9.59 Å². The summed E-state index contributed by atoms with van der Waals surface area (Å²) in [4.78, 5) is 26.4. The molecule has 0 spiro atoms. The lowest BCUT2D eigenvalue weighted by atomic mass is 10.1. The predicted octanol–water partition coefficient (Wildman–Crippen LogP) is 2.74.